The largest absolute Gasteiger partial charge is 0.497 e. The summed E-state index contributed by atoms with van der Waals surface area (Å²) < 4.78 is 10.8. The summed E-state index contributed by atoms with van der Waals surface area (Å²) >= 11 is 0. The van der Waals surface area contributed by atoms with Crippen molar-refractivity contribution in [2.75, 3.05) is 40.3 Å². The van der Waals surface area contributed by atoms with E-state index in [0.29, 0.717) is 19.6 Å². The first-order valence-corrected chi connectivity index (χ1v) is 9.43. The van der Waals surface area contributed by atoms with Gasteiger partial charge in [-0.2, -0.15) is 0 Å². The van der Waals surface area contributed by atoms with Crippen LogP contribution >= 0.6 is 0 Å². The third kappa shape index (κ3) is 6.41. The van der Waals surface area contributed by atoms with Crippen molar-refractivity contribution in [1.29, 1.82) is 0 Å². The van der Waals surface area contributed by atoms with Gasteiger partial charge >= 0.3 is 0 Å². The minimum Gasteiger partial charge on any atom is -0.497 e. The van der Waals surface area contributed by atoms with E-state index < -0.39 is 0 Å². The van der Waals surface area contributed by atoms with E-state index in [2.05, 4.69) is 24.1 Å². The van der Waals surface area contributed by atoms with E-state index in [9.17, 15) is 4.79 Å². The second-order valence-electron chi connectivity index (χ2n) is 6.58. The van der Waals surface area contributed by atoms with Gasteiger partial charge in [-0.15, -0.1) is 0 Å². The van der Waals surface area contributed by atoms with E-state index in [0.717, 1.165) is 30.2 Å². The van der Waals surface area contributed by atoms with E-state index >= 15 is 0 Å². The zero-order chi connectivity index (χ0) is 19.6. The summed E-state index contributed by atoms with van der Waals surface area (Å²) in [5.41, 5.74) is 1.11. The lowest BCUT2D eigenvalue weighted by Crippen LogP contribution is -2.41. The molecule has 6 heteroatoms. The summed E-state index contributed by atoms with van der Waals surface area (Å²) in [6.07, 6.45) is 1.68. The summed E-state index contributed by atoms with van der Waals surface area (Å²) in [5, 5.41) is 3.05. The Balaban J connectivity index is 1.87. The zero-order valence-corrected chi connectivity index (χ0v) is 16.8. The summed E-state index contributed by atoms with van der Waals surface area (Å²) in [6.45, 7) is 7.57. The lowest BCUT2D eigenvalue weighted by molar-refractivity contribution is -0.122. The van der Waals surface area contributed by atoms with E-state index in [1.54, 1.807) is 13.4 Å². The van der Waals surface area contributed by atoms with Gasteiger partial charge in [0.15, 0.2) is 0 Å². The minimum absolute atomic E-state index is 0.00380. The summed E-state index contributed by atoms with van der Waals surface area (Å²) in [6, 6.07) is 11.8. The summed E-state index contributed by atoms with van der Waals surface area (Å²) in [7, 11) is 3.59. The highest BCUT2D eigenvalue weighted by molar-refractivity contribution is 5.78. The van der Waals surface area contributed by atoms with E-state index in [4.69, 9.17) is 9.15 Å². The third-order valence-corrected chi connectivity index (χ3v) is 4.62. The highest BCUT2D eigenvalue weighted by Gasteiger charge is 2.21. The van der Waals surface area contributed by atoms with Crippen molar-refractivity contribution in [2.24, 2.45) is 0 Å². The molecule has 1 unspecified atom stereocenters. The molecule has 0 fully saturated rings. The standard InChI is InChI=1S/C21H31N3O3/c1-5-24(6-2)19(20-11-8-12-27-20)14-22-21(25)16-23(3)15-17-9-7-10-18(13-17)26-4/h7-13,19H,5-6,14-16H2,1-4H3,(H,22,25). The molecule has 0 bridgehead atoms. The van der Waals surface area contributed by atoms with Crippen LogP contribution in [0.4, 0.5) is 0 Å². The van der Waals surface area contributed by atoms with E-state index in [-0.39, 0.29) is 11.9 Å². The van der Waals surface area contributed by atoms with Gasteiger partial charge < -0.3 is 14.5 Å². The number of ether oxygens (including phenoxy) is 1. The Morgan fingerprint density at radius 1 is 1.22 bits per heavy atom. The van der Waals surface area contributed by atoms with Crippen LogP contribution < -0.4 is 10.1 Å². The molecule has 1 aromatic carbocycles. The molecular weight excluding hydrogens is 342 g/mol. The predicted octanol–water partition coefficient (Wildman–Crippen LogP) is 2.92. The molecule has 2 aromatic rings. The number of hydrogen-bond acceptors (Lipinski definition) is 5. The second kappa shape index (κ2) is 10.7. The maximum absolute atomic E-state index is 12.4. The first-order chi connectivity index (χ1) is 13.1. The SMILES string of the molecule is CCN(CC)C(CNC(=O)CN(C)Cc1cccc(OC)c1)c1ccco1. The van der Waals surface area contributed by atoms with Crippen molar-refractivity contribution < 1.29 is 13.9 Å². The van der Waals surface area contributed by atoms with Gasteiger partial charge in [-0.05, 0) is 50.0 Å². The number of carbonyl (C=O) groups is 1. The molecule has 0 saturated heterocycles. The van der Waals surface area contributed by atoms with Crippen LogP contribution in [0.25, 0.3) is 0 Å². The number of rotatable bonds is 11. The van der Waals surface area contributed by atoms with Crippen LogP contribution in [0.2, 0.25) is 0 Å². The fourth-order valence-electron chi connectivity index (χ4n) is 3.20. The Morgan fingerprint density at radius 2 is 2.00 bits per heavy atom. The number of carbonyl (C=O) groups excluding carboxylic acids is 1. The Bertz CT molecular complexity index is 684. The van der Waals surface area contributed by atoms with Gasteiger partial charge in [0.1, 0.15) is 11.5 Å². The number of likely N-dealkylation sites (N-methyl/N-ethyl adjacent to an activating group) is 2. The number of methoxy groups -OCH3 is 1. The third-order valence-electron chi connectivity index (χ3n) is 4.62. The number of nitrogens with one attached hydrogen (secondary N) is 1. The van der Waals surface area contributed by atoms with Gasteiger partial charge in [0.2, 0.25) is 5.91 Å². The molecule has 0 saturated carbocycles. The normalized spacial score (nSPS) is 12.4. The fourth-order valence-corrected chi connectivity index (χ4v) is 3.20. The van der Waals surface area contributed by atoms with E-state index in [1.165, 1.54) is 0 Å². The Kier molecular flexibility index (Phi) is 8.36. The number of hydrogen-bond donors (Lipinski definition) is 1. The quantitative estimate of drug-likeness (QED) is 0.656. The van der Waals surface area contributed by atoms with Crippen LogP contribution in [0.5, 0.6) is 5.75 Å². The molecular formula is C21H31N3O3. The lowest BCUT2D eigenvalue weighted by atomic mass is 10.2. The topological polar surface area (TPSA) is 58.0 Å². The van der Waals surface area contributed by atoms with Crippen LogP contribution in [0, 0.1) is 0 Å². The van der Waals surface area contributed by atoms with Crippen molar-refractivity contribution in [3.63, 3.8) is 0 Å². The van der Waals surface area contributed by atoms with Gasteiger partial charge in [0, 0.05) is 13.1 Å². The first-order valence-electron chi connectivity index (χ1n) is 9.43. The predicted molar refractivity (Wildman–Crippen MR) is 107 cm³/mol. The van der Waals surface area contributed by atoms with Crippen LogP contribution in [-0.4, -0.2) is 56.0 Å². The van der Waals surface area contributed by atoms with Crippen molar-refractivity contribution in [3.8, 4) is 5.75 Å². The van der Waals surface area contributed by atoms with Crippen molar-refractivity contribution in [1.82, 2.24) is 15.1 Å². The van der Waals surface area contributed by atoms with Crippen LogP contribution in [0.15, 0.2) is 47.1 Å². The molecule has 0 radical (unpaired) electrons. The Morgan fingerprint density at radius 3 is 2.63 bits per heavy atom. The molecule has 1 aromatic heterocycles. The monoisotopic (exact) mass is 373 g/mol. The molecule has 148 valence electrons. The first kappa shape index (κ1) is 21.0. The van der Waals surface area contributed by atoms with Gasteiger partial charge in [0.05, 0.1) is 26.0 Å². The molecule has 1 amide bonds. The molecule has 27 heavy (non-hydrogen) atoms. The van der Waals surface area contributed by atoms with Gasteiger partial charge in [-0.25, -0.2) is 0 Å². The minimum atomic E-state index is 0.00380. The van der Waals surface area contributed by atoms with Gasteiger partial charge in [0.25, 0.3) is 0 Å². The van der Waals surface area contributed by atoms with Crippen LogP contribution in [-0.2, 0) is 11.3 Å². The number of benzene rings is 1. The molecule has 0 spiro atoms. The van der Waals surface area contributed by atoms with Crippen molar-refractivity contribution >= 4 is 5.91 Å². The van der Waals surface area contributed by atoms with Crippen molar-refractivity contribution in [2.45, 2.75) is 26.4 Å². The molecule has 1 heterocycles. The van der Waals surface area contributed by atoms with E-state index in [1.807, 2.05) is 48.3 Å². The highest BCUT2D eigenvalue weighted by Crippen LogP contribution is 2.20. The van der Waals surface area contributed by atoms with Crippen LogP contribution in [0.1, 0.15) is 31.2 Å². The molecule has 1 atom stereocenters. The molecule has 0 aliphatic carbocycles. The highest BCUT2D eigenvalue weighted by atomic mass is 16.5. The maximum atomic E-state index is 12.4. The average molecular weight is 373 g/mol. The second-order valence-corrected chi connectivity index (χ2v) is 6.58. The maximum Gasteiger partial charge on any atom is 0.234 e. The van der Waals surface area contributed by atoms with Gasteiger partial charge in [-0.3, -0.25) is 14.6 Å². The molecule has 0 aliphatic heterocycles. The van der Waals surface area contributed by atoms with Gasteiger partial charge in [-0.1, -0.05) is 26.0 Å². The fraction of sp³-hybridized carbons (Fsp3) is 0.476. The zero-order valence-electron chi connectivity index (χ0n) is 16.8. The number of amides is 1. The molecule has 2 rings (SSSR count). The average Bonchev–Trinajstić information content (AvgIpc) is 3.19. The van der Waals surface area contributed by atoms with Crippen LogP contribution in [0.3, 0.4) is 0 Å². The molecule has 1 N–H and O–H groups in total. The summed E-state index contributed by atoms with van der Waals surface area (Å²) in [4.78, 5) is 16.7. The smallest absolute Gasteiger partial charge is 0.234 e. The van der Waals surface area contributed by atoms with Crippen molar-refractivity contribution in [3.05, 3.63) is 54.0 Å². The Labute approximate surface area is 162 Å². The number of furan rings is 1. The summed E-state index contributed by atoms with van der Waals surface area (Å²) in [5.74, 6) is 1.71. The molecule has 6 nitrogen and oxygen atoms in total. The lowest BCUT2D eigenvalue weighted by Gasteiger charge is -2.28. The Hall–Kier alpha value is -2.31. The number of nitrogens with zero attached hydrogens (tertiary/aromatic N) is 2. The molecule has 0 aliphatic rings.